The van der Waals surface area contributed by atoms with Crippen molar-refractivity contribution in [3.63, 3.8) is 0 Å². The molecule has 2 rings (SSSR count). The van der Waals surface area contributed by atoms with E-state index in [0.29, 0.717) is 5.54 Å². The van der Waals surface area contributed by atoms with E-state index in [-0.39, 0.29) is 0 Å². The Labute approximate surface area is 92.1 Å². The summed E-state index contributed by atoms with van der Waals surface area (Å²) in [6.07, 6.45) is 10.3. The Morgan fingerprint density at radius 2 is 2.33 bits per heavy atom. The summed E-state index contributed by atoms with van der Waals surface area (Å²) in [6, 6.07) is 4.16. The van der Waals surface area contributed by atoms with E-state index in [1.807, 2.05) is 18.5 Å². The van der Waals surface area contributed by atoms with Crippen molar-refractivity contribution in [2.45, 2.75) is 44.6 Å². The fourth-order valence-corrected chi connectivity index (χ4v) is 2.28. The number of nitrogens with zero attached hydrogens (tertiary/aromatic N) is 1. The van der Waals surface area contributed by atoms with Gasteiger partial charge in [-0.3, -0.25) is 4.98 Å². The van der Waals surface area contributed by atoms with Crippen LogP contribution in [-0.4, -0.2) is 17.1 Å². The highest BCUT2D eigenvalue weighted by Gasteiger charge is 2.33. The van der Waals surface area contributed by atoms with E-state index in [2.05, 4.69) is 23.3 Å². The first-order valence-electron chi connectivity index (χ1n) is 5.99. The maximum absolute atomic E-state index is 4.13. The van der Waals surface area contributed by atoms with Crippen LogP contribution in [0.4, 0.5) is 0 Å². The van der Waals surface area contributed by atoms with E-state index in [0.717, 1.165) is 13.0 Å². The van der Waals surface area contributed by atoms with Gasteiger partial charge in [0.05, 0.1) is 0 Å². The van der Waals surface area contributed by atoms with Crippen molar-refractivity contribution in [1.29, 1.82) is 0 Å². The summed E-state index contributed by atoms with van der Waals surface area (Å²) in [5.41, 5.74) is 1.80. The van der Waals surface area contributed by atoms with E-state index in [1.165, 1.54) is 31.2 Å². The summed E-state index contributed by atoms with van der Waals surface area (Å²) >= 11 is 0. The largest absolute Gasteiger partial charge is 0.311 e. The monoisotopic (exact) mass is 204 g/mol. The van der Waals surface area contributed by atoms with Crippen molar-refractivity contribution in [3.05, 3.63) is 30.1 Å². The topological polar surface area (TPSA) is 24.9 Å². The Morgan fingerprint density at radius 1 is 1.47 bits per heavy atom. The van der Waals surface area contributed by atoms with Crippen LogP contribution in [-0.2, 0) is 6.42 Å². The quantitative estimate of drug-likeness (QED) is 0.797. The van der Waals surface area contributed by atoms with Gasteiger partial charge in [0.1, 0.15) is 0 Å². The lowest BCUT2D eigenvalue weighted by molar-refractivity contribution is 0.179. The van der Waals surface area contributed by atoms with Crippen LogP contribution in [0.5, 0.6) is 0 Å². The minimum atomic E-state index is 0.474. The van der Waals surface area contributed by atoms with E-state index >= 15 is 0 Å². The second-order valence-corrected chi connectivity index (χ2v) is 4.53. The zero-order chi connectivity index (χ0) is 10.6. The lowest BCUT2D eigenvalue weighted by Gasteiger charge is -2.42. The molecule has 1 aliphatic carbocycles. The Morgan fingerprint density at radius 3 is 2.87 bits per heavy atom. The zero-order valence-electron chi connectivity index (χ0n) is 9.50. The average molecular weight is 204 g/mol. The second kappa shape index (κ2) is 4.75. The summed E-state index contributed by atoms with van der Waals surface area (Å²) in [7, 11) is 0. The summed E-state index contributed by atoms with van der Waals surface area (Å²) in [4.78, 5) is 4.13. The predicted molar refractivity (Wildman–Crippen MR) is 62.8 cm³/mol. The van der Waals surface area contributed by atoms with E-state index < -0.39 is 0 Å². The summed E-state index contributed by atoms with van der Waals surface area (Å²) in [5.74, 6) is 0. The average Bonchev–Trinajstić information content (AvgIpc) is 2.24. The Balaban J connectivity index is 1.75. The minimum Gasteiger partial charge on any atom is -0.311 e. The third-order valence-electron chi connectivity index (χ3n) is 3.62. The maximum atomic E-state index is 4.13. The van der Waals surface area contributed by atoms with Gasteiger partial charge in [-0.25, -0.2) is 0 Å². The molecular formula is C13H20N2. The molecule has 2 heteroatoms. The SMILES string of the molecule is CCC1(NCCc2cccnc2)CCC1. The molecule has 0 aromatic carbocycles. The van der Waals surface area contributed by atoms with E-state index in [1.54, 1.807) is 0 Å². The molecule has 0 unspecified atom stereocenters. The zero-order valence-corrected chi connectivity index (χ0v) is 9.50. The van der Waals surface area contributed by atoms with Gasteiger partial charge in [0.15, 0.2) is 0 Å². The molecule has 0 aliphatic heterocycles. The normalized spacial score (nSPS) is 18.5. The fraction of sp³-hybridized carbons (Fsp3) is 0.615. The van der Waals surface area contributed by atoms with Gasteiger partial charge in [0, 0.05) is 17.9 Å². The summed E-state index contributed by atoms with van der Waals surface area (Å²) < 4.78 is 0. The van der Waals surface area contributed by atoms with Crippen molar-refractivity contribution in [1.82, 2.24) is 10.3 Å². The summed E-state index contributed by atoms with van der Waals surface area (Å²) in [6.45, 7) is 3.37. The molecule has 0 radical (unpaired) electrons. The first-order valence-corrected chi connectivity index (χ1v) is 5.99. The highest BCUT2D eigenvalue weighted by atomic mass is 15.0. The van der Waals surface area contributed by atoms with Crippen LogP contribution in [0.1, 0.15) is 38.2 Å². The molecule has 0 atom stereocenters. The number of hydrogen-bond donors (Lipinski definition) is 1. The molecule has 1 saturated carbocycles. The van der Waals surface area contributed by atoms with Crippen molar-refractivity contribution in [3.8, 4) is 0 Å². The van der Waals surface area contributed by atoms with Gasteiger partial charge >= 0.3 is 0 Å². The molecule has 0 amide bonds. The fourth-order valence-electron chi connectivity index (χ4n) is 2.28. The van der Waals surface area contributed by atoms with Crippen molar-refractivity contribution >= 4 is 0 Å². The smallest absolute Gasteiger partial charge is 0.0300 e. The first-order chi connectivity index (χ1) is 7.35. The van der Waals surface area contributed by atoms with Crippen LogP contribution >= 0.6 is 0 Å². The van der Waals surface area contributed by atoms with Gasteiger partial charge in [0.2, 0.25) is 0 Å². The molecular weight excluding hydrogens is 184 g/mol. The van der Waals surface area contributed by atoms with Crippen LogP contribution in [0.25, 0.3) is 0 Å². The molecule has 82 valence electrons. The molecule has 1 N–H and O–H groups in total. The lowest BCUT2D eigenvalue weighted by atomic mass is 9.75. The van der Waals surface area contributed by atoms with Gasteiger partial charge < -0.3 is 5.32 Å². The van der Waals surface area contributed by atoms with Gasteiger partial charge in [-0.05, 0) is 50.3 Å². The number of pyridine rings is 1. The Kier molecular flexibility index (Phi) is 3.37. The van der Waals surface area contributed by atoms with Gasteiger partial charge in [-0.2, -0.15) is 0 Å². The van der Waals surface area contributed by atoms with E-state index in [4.69, 9.17) is 0 Å². The van der Waals surface area contributed by atoms with Gasteiger partial charge in [-0.1, -0.05) is 13.0 Å². The summed E-state index contributed by atoms with van der Waals surface area (Å²) in [5, 5.41) is 3.70. The first kappa shape index (κ1) is 10.6. The Hall–Kier alpha value is -0.890. The van der Waals surface area contributed by atoms with Crippen molar-refractivity contribution < 1.29 is 0 Å². The minimum absolute atomic E-state index is 0.474. The third-order valence-corrected chi connectivity index (χ3v) is 3.62. The predicted octanol–water partition coefficient (Wildman–Crippen LogP) is 2.55. The van der Waals surface area contributed by atoms with Crippen molar-refractivity contribution in [2.75, 3.05) is 6.54 Å². The highest BCUT2D eigenvalue weighted by molar-refractivity contribution is 5.09. The van der Waals surface area contributed by atoms with Crippen LogP contribution in [0, 0.1) is 0 Å². The molecule has 1 aromatic heterocycles. The maximum Gasteiger partial charge on any atom is 0.0300 e. The molecule has 1 aliphatic rings. The number of hydrogen-bond acceptors (Lipinski definition) is 2. The third kappa shape index (κ3) is 2.57. The van der Waals surface area contributed by atoms with Crippen LogP contribution < -0.4 is 5.32 Å². The lowest BCUT2D eigenvalue weighted by Crippen LogP contribution is -2.51. The molecule has 1 aromatic rings. The molecule has 0 spiro atoms. The molecule has 15 heavy (non-hydrogen) atoms. The van der Waals surface area contributed by atoms with Crippen LogP contribution in [0.15, 0.2) is 24.5 Å². The van der Waals surface area contributed by atoms with Crippen LogP contribution in [0.2, 0.25) is 0 Å². The van der Waals surface area contributed by atoms with Gasteiger partial charge in [0.25, 0.3) is 0 Å². The highest BCUT2D eigenvalue weighted by Crippen LogP contribution is 2.34. The second-order valence-electron chi connectivity index (χ2n) is 4.53. The number of rotatable bonds is 5. The van der Waals surface area contributed by atoms with Crippen molar-refractivity contribution in [2.24, 2.45) is 0 Å². The molecule has 2 nitrogen and oxygen atoms in total. The van der Waals surface area contributed by atoms with E-state index in [9.17, 15) is 0 Å². The molecule has 1 fully saturated rings. The molecule has 1 heterocycles. The van der Waals surface area contributed by atoms with Crippen LogP contribution in [0.3, 0.4) is 0 Å². The van der Waals surface area contributed by atoms with Gasteiger partial charge in [-0.15, -0.1) is 0 Å². The Bertz CT molecular complexity index is 285. The molecule has 0 saturated heterocycles. The standard InChI is InChI=1S/C13H20N2/c1-2-13(7-4-8-13)15-10-6-12-5-3-9-14-11-12/h3,5,9,11,15H,2,4,6-8,10H2,1H3. The number of nitrogens with one attached hydrogen (secondary N) is 1. The molecule has 0 bridgehead atoms. The number of aromatic nitrogens is 1.